The molecular formula is C29H33ClN6O2. The van der Waals surface area contributed by atoms with Gasteiger partial charge < -0.3 is 20.9 Å². The summed E-state index contributed by atoms with van der Waals surface area (Å²) in [5.74, 6) is 1.45. The molecule has 1 aromatic heterocycles. The number of aromatic nitrogens is 2. The van der Waals surface area contributed by atoms with E-state index >= 15 is 0 Å². The molecule has 2 aliphatic rings. The molecule has 2 aromatic carbocycles. The van der Waals surface area contributed by atoms with Crippen LogP contribution < -0.4 is 16.0 Å². The van der Waals surface area contributed by atoms with Gasteiger partial charge in [0.25, 0.3) is 0 Å². The van der Waals surface area contributed by atoms with E-state index in [1.807, 2.05) is 49.1 Å². The third-order valence-electron chi connectivity index (χ3n) is 7.15. The molecule has 1 fully saturated rings. The van der Waals surface area contributed by atoms with Gasteiger partial charge in [0.15, 0.2) is 5.82 Å². The van der Waals surface area contributed by atoms with E-state index in [2.05, 4.69) is 38.1 Å². The third-order valence-corrected chi connectivity index (χ3v) is 7.42. The summed E-state index contributed by atoms with van der Waals surface area (Å²) in [6.07, 6.45) is 5.30. The standard InChI is InChI=1S/C29H33ClN6O2/c1-18(2)28(38)36-12-10-20(11-13-36)15-26(37)34-25-9-8-23-16-21(25)7-6-19-4-3-5-22(14-19)33-29-31-17-24(30)27(32-23)35-29/h3-5,8-9,14,16-18,20H,6-7,10-13,15H2,1-2H3,(H,34,37)(H2,31,32,33,35). The van der Waals surface area contributed by atoms with Gasteiger partial charge in [-0.1, -0.05) is 37.6 Å². The van der Waals surface area contributed by atoms with Crippen molar-refractivity contribution in [2.24, 2.45) is 11.8 Å². The smallest absolute Gasteiger partial charge is 0.229 e. The molecule has 5 rings (SSSR count). The predicted molar refractivity (Wildman–Crippen MR) is 151 cm³/mol. The molecule has 0 spiro atoms. The zero-order valence-electron chi connectivity index (χ0n) is 21.8. The molecule has 3 N–H and O–H groups in total. The van der Waals surface area contributed by atoms with Crippen LogP contribution in [-0.2, 0) is 22.4 Å². The van der Waals surface area contributed by atoms with Crippen molar-refractivity contribution in [3.8, 4) is 0 Å². The first-order chi connectivity index (χ1) is 18.3. The van der Waals surface area contributed by atoms with Crippen molar-refractivity contribution in [2.75, 3.05) is 29.0 Å². The summed E-state index contributed by atoms with van der Waals surface area (Å²) >= 11 is 6.37. The zero-order valence-corrected chi connectivity index (χ0v) is 22.5. The van der Waals surface area contributed by atoms with Gasteiger partial charge in [0, 0.05) is 42.5 Å². The van der Waals surface area contributed by atoms with Crippen LogP contribution in [0, 0.1) is 11.8 Å². The molecule has 0 unspecified atom stereocenters. The highest BCUT2D eigenvalue weighted by atomic mass is 35.5. The molecule has 0 saturated carbocycles. The number of carbonyl (C=O) groups excluding carboxylic acids is 2. The van der Waals surface area contributed by atoms with Crippen molar-refractivity contribution in [3.05, 3.63) is 64.8 Å². The number of amides is 2. The van der Waals surface area contributed by atoms with Crippen LogP contribution in [-0.4, -0.2) is 39.8 Å². The summed E-state index contributed by atoms with van der Waals surface area (Å²) in [5.41, 5.74) is 4.74. The van der Waals surface area contributed by atoms with Crippen molar-refractivity contribution in [1.29, 1.82) is 0 Å². The number of nitrogens with zero attached hydrogens (tertiary/aromatic N) is 3. The number of rotatable bonds is 4. The molecule has 8 nitrogen and oxygen atoms in total. The van der Waals surface area contributed by atoms with E-state index in [4.69, 9.17) is 11.6 Å². The molecule has 9 heteroatoms. The van der Waals surface area contributed by atoms with Gasteiger partial charge in [0.05, 0.1) is 6.20 Å². The maximum Gasteiger partial charge on any atom is 0.229 e. The maximum atomic E-state index is 13.1. The summed E-state index contributed by atoms with van der Waals surface area (Å²) in [5, 5.41) is 10.1. The third kappa shape index (κ3) is 6.25. The van der Waals surface area contributed by atoms with Crippen molar-refractivity contribution in [2.45, 2.75) is 46.0 Å². The van der Waals surface area contributed by atoms with Gasteiger partial charge in [-0.05, 0) is 73.1 Å². The first kappa shape index (κ1) is 26.0. The zero-order chi connectivity index (χ0) is 26.6. The molecule has 6 bridgehead atoms. The summed E-state index contributed by atoms with van der Waals surface area (Å²) < 4.78 is 0. The predicted octanol–water partition coefficient (Wildman–Crippen LogP) is 5.94. The highest BCUT2D eigenvalue weighted by Crippen LogP contribution is 2.30. The molecule has 3 heterocycles. The number of likely N-dealkylation sites (tertiary alicyclic amines) is 1. The Labute approximate surface area is 228 Å². The second kappa shape index (κ2) is 11.4. The molecule has 3 aromatic rings. The lowest BCUT2D eigenvalue weighted by Gasteiger charge is -2.32. The van der Waals surface area contributed by atoms with Crippen LogP contribution in [0.15, 0.2) is 48.7 Å². The Morgan fingerprint density at radius 1 is 1.08 bits per heavy atom. The number of hydrogen-bond acceptors (Lipinski definition) is 6. The van der Waals surface area contributed by atoms with Gasteiger partial charge in [-0.25, -0.2) is 4.98 Å². The van der Waals surface area contributed by atoms with E-state index in [0.29, 0.717) is 23.2 Å². The first-order valence-corrected chi connectivity index (χ1v) is 13.6. The number of hydrogen-bond donors (Lipinski definition) is 3. The van der Waals surface area contributed by atoms with Crippen LogP contribution in [0.2, 0.25) is 5.02 Å². The number of anilines is 5. The quantitative estimate of drug-likeness (QED) is 0.384. The molecule has 1 saturated heterocycles. The summed E-state index contributed by atoms with van der Waals surface area (Å²) in [6.45, 7) is 5.31. The minimum atomic E-state index is 0.00759. The molecule has 0 radical (unpaired) electrons. The Morgan fingerprint density at radius 3 is 2.66 bits per heavy atom. The van der Waals surface area contributed by atoms with E-state index in [0.717, 1.165) is 61.4 Å². The fourth-order valence-electron chi connectivity index (χ4n) is 5.05. The second-order valence-corrected chi connectivity index (χ2v) is 10.8. The molecular weight excluding hydrogens is 500 g/mol. The highest BCUT2D eigenvalue weighted by Gasteiger charge is 2.26. The molecule has 2 aliphatic heterocycles. The number of fused-ring (bicyclic) bond motifs is 6. The Kier molecular flexibility index (Phi) is 7.79. The van der Waals surface area contributed by atoms with Crippen LogP contribution in [0.4, 0.5) is 28.8 Å². The minimum absolute atomic E-state index is 0.00759. The highest BCUT2D eigenvalue weighted by molar-refractivity contribution is 6.32. The average molecular weight is 533 g/mol. The van der Waals surface area contributed by atoms with Gasteiger partial charge >= 0.3 is 0 Å². The average Bonchev–Trinajstić information content (AvgIpc) is 2.91. The van der Waals surface area contributed by atoms with E-state index < -0.39 is 0 Å². The van der Waals surface area contributed by atoms with Gasteiger partial charge in [-0.3, -0.25) is 9.59 Å². The molecule has 0 aliphatic carbocycles. The van der Waals surface area contributed by atoms with E-state index in [1.54, 1.807) is 6.20 Å². The number of carbonyl (C=O) groups is 2. The van der Waals surface area contributed by atoms with Crippen molar-refractivity contribution >= 4 is 52.2 Å². The topological polar surface area (TPSA) is 99.3 Å². The van der Waals surface area contributed by atoms with Crippen LogP contribution in [0.5, 0.6) is 0 Å². The molecule has 38 heavy (non-hydrogen) atoms. The first-order valence-electron chi connectivity index (χ1n) is 13.2. The lowest BCUT2D eigenvalue weighted by molar-refractivity contribution is -0.135. The van der Waals surface area contributed by atoms with Crippen LogP contribution >= 0.6 is 11.6 Å². The van der Waals surface area contributed by atoms with E-state index in [1.165, 1.54) is 5.56 Å². The van der Waals surface area contributed by atoms with Crippen LogP contribution in [0.1, 0.15) is 44.2 Å². The Morgan fingerprint density at radius 2 is 1.87 bits per heavy atom. The van der Waals surface area contributed by atoms with Gasteiger partial charge in [-0.15, -0.1) is 0 Å². The van der Waals surface area contributed by atoms with Crippen molar-refractivity contribution in [3.63, 3.8) is 0 Å². The fraction of sp³-hybridized carbons (Fsp3) is 0.379. The Hall–Kier alpha value is -3.65. The van der Waals surface area contributed by atoms with E-state index in [9.17, 15) is 9.59 Å². The van der Waals surface area contributed by atoms with Gasteiger partial charge in [0.1, 0.15) is 5.02 Å². The Balaban J connectivity index is 1.32. The summed E-state index contributed by atoms with van der Waals surface area (Å²) in [7, 11) is 0. The van der Waals surface area contributed by atoms with Crippen molar-refractivity contribution < 1.29 is 9.59 Å². The fourth-order valence-corrected chi connectivity index (χ4v) is 5.19. The number of aryl methyl sites for hydroxylation is 2. The number of nitrogens with one attached hydrogen (secondary N) is 3. The summed E-state index contributed by atoms with van der Waals surface area (Å²) in [6, 6.07) is 14.1. The molecule has 2 amide bonds. The lowest BCUT2D eigenvalue weighted by Crippen LogP contribution is -2.41. The molecule has 0 atom stereocenters. The Bertz CT molecular complexity index is 1340. The maximum absolute atomic E-state index is 13.1. The van der Waals surface area contributed by atoms with Crippen LogP contribution in [0.3, 0.4) is 0 Å². The van der Waals surface area contributed by atoms with E-state index in [-0.39, 0.29) is 23.7 Å². The normalized spacial score (nSPS) is 15.4. The monoisotopic (exact) mass is 532 g/mol. The SMILES string of the molecule is CC(C)C(=O)N1CCC(CC(=O)Nc2ccc3cc2CCc2cccc(c2)Nc2ncc(Cl)c(n2)N3)CC1. The summed E-state index contributed by atoms with van der Waals surface area (Å²) in [4.78, 5) is 36.1. The van der Waals surface area contributed by atoms with Crippen molar-refractivity contribution in [1.82, 2.24) is 14.9 Å². The van der Waals surface area contributed by atoms with Crippen LogP contribution in [0.25, 0.3) is 0 Å². The largest absolute Gasteiger partial charge is 0.342 e. The number of piperidine rings is 1. The van der Waals surface area contributed by atoms with Gasteiger partial charge in [-0.2, -0.15) is 4.98 Å². The number of benzene rings is 2. The lowest BCUT2D eigenvalue weighted by atomic mass is 9.92. The van der Waals surface area contributed by atoms with Gasteiger partial charge in [0.2, 0.25) is 17.8 Å². The second-order valence-electron chi connectivity index (χ2n) is 10.4. The number of halogens is 1. The minimum Gasteiger partial charge on any atom is -0.342 e. The molecule has 198 valence electrons.